The SMILES string of the molecule is CCCCCC(=O)NC(=S)Nc1sc(C)c(CC)c1C(N)=O. The van der Waals surface area contributed by atoms with Crippen molar-refractivity contribution < 1.29 is 9.59 Å². The average Bonchev–Trinajstić information content (AvgIpc) is 2.74. The first-order chi connectivity index (χ1) is 10.4. The van der Waals surface area contributed by atoms with Gasteiger partial charge in [0.1, 0.15) is 5.00 Å². The third kappa shape index (κ3) is 5.06. The first-order valence-electron chi connectivity index (χ1n) is 7.43. The van der Waals surface area contributed by atoms with Crippen LogP contribution in [0.2, 0.25) is 0 Å². The summed E-state index contributed by atoms with van der Waals surface area (Å²) in [6.45, 7) is 5.99. The third-order valence-corrected chi connectivity index (χ3v) is 4.56. The van der Waals surface area contributed by atoms with Crippen molar-refractivity contribution in [3.63, 3.8) is 0 Å². The van der Waals surface area contributed by atoms with Gasteiger partial charge >= 0.3 is 0 Å². The van der Waals surface area contributed by atoms with Crippen molar-refractivity contribution in [2.24, 2.45) is 5.73 Å². The maximum Gasteiger partial charge on any atom is 0.251 e. The molecule has 2 amide bonds. The van der Waals surface area contributed by atoms with Crippen LogP contribution in [0.25, 0.3) is 0 Å². The molecule has 0 aliphatic heterocycles. The number of unbranched alkanes of at least 4 members (excludes halogenated alkanes) is 2. The highest BCUT2D eigenvalue weighted by atomic mass is 32.1. The summed E-state index contributed by atoms with van der Waals surface area (Å²) in [6, 6.07) is 0. The zero-order valence-electron chi connectivity index (χ0n) is 13.2. The van der Waals surface area contributed by atoms with E-state index in [4.69, 9.17) is 18.0 Å². The second-order valence-electron chi connectivity index (χ2n) is 5.02. The summed E-state index contributed by atoms with van der Waals surface area (Å²) in [6.07, 6.45) is 4.09. The van der Waals surface area contributed by atoms with Crippen LogP contribution in [0.3, 0.4) is 0 Å². The Morgan fingerprint density at radius 1 is 1.27 bits per heavy atom. The van der Waals surface area contributed by atoms with Crippen molar-refractivity contribution in [2.75, 3.05) is 5.32 Å². The van der Waals surface area contributed by atoms with E-state index in [1.807, 2.05) is 13.8 Å². The molecule has 0 saturated carbocycles. The Bertz CT molecular complexity index is 567. The summed E-state index contributed by atoms with van der Waals surface area (Å²) < 4.78 is 0. The van der Waals surface area contributed by atoms with Gasteiger partial charge in [0.2, 0.25) is 5.91 Å². The molecule has 0 unspecified atom stereocenters. The van der Waals surface area contributed by atoms with Gasteiger partial charge in [0, 0.05) is 11.3 Å². The number of rotatable bonds is 7. The van der Waals surface area contributed by atoms with Gasteiger partial charge in [0.25, 0.3) is 5.91 Å². The monoisotopic (exact) mass is 341 g/mol. The molecule has 0 spiro atoms. The molecule has 0 saturated heterocycles. The van der Waals surface area contributed by atoms with E-state index in [-0.39, 0.29) is 11.0 Å². The third-order valence-electron chi connectivity index (χ3n) is 3.30. The summed E-state index contributed by atoms with van der Waals surface area (Å²) in [5, 5.41) is 6.36. The largest absolute Gasteiger partial charge is 0.365 e. The van der Waals surface area contributed by atoms with Gasteiger partial charge < -0.3 is 16.4 Å². The van der Waals surface area contributed by atoms with E-state index < -0.39 is 5.91 Å². The highest BCUT2D eigenvalue weighted by Crippen LogP contribution is 2.33. The summed E-state index contributed by atoms with van der Waals surface area (Å²) in [4.78, 5) is 24.4. The molecule has 0 aliphatic rings. The molecule has 0 bridgehead atoms. The van der Waals surface area contributed by atoms with Crippen molar-refractivity contribution in [3.05, 3.63) is 16.0 Å². The summed E-state index contributed by atoms with van der Waals surface area (Å²) in [5.41, 5.74) is 6.85. The van der Waals surface area contributed by atoms with Crippen molar-refractivity contribution in [3.8, 4) is 0 Å². The number of nitrogens with one attached hydrogen (secondary N) is 2. The highest BCUT2D eigenvalue weighted by Gasteiger charge is 2.19. The number of aryl methyl sites for hydroxylation is 1. The fraction of sp³-hybridized carbons (Fsp3) is 0.533. The van der Waals surface area contributed by atoms with Gasteiger partial charge in [-0.25, -0.2) is 0 Å². The second kappa shape index (κ2) is 8.85. The Morgan fingerprint density at radius 2 is 1.95 bits per heavy atom. The van der Waals surface area contributed by atoms with E-state index in [2.05, 4.69) is 17.6 Å². The van der Waals surface area contributed by atoms with E-state index in [0.29, 0.717) is 17.0 Å². The minimum Gasteiger partial charge on any atom is -0.365 e. The molecule has 7 heteroatoms. The van der Waals surface area contributed by atoms with Crippen LogP contribution < -0.4 is 16.4 Å². The van der Waals surface area contributed by atoms with E-state index in [1.165, 1.54) is 11.3 Å². The maximum absolute atomic E-state index is 11.7. The number of anilines is 1. The Balaban J connectivity index is 2.72. The number of primary amides is 1. The molecule has 0 atom stereocenters. The smallest absolute Gasteiger partial charge is 0.251 e. The molecule has 0 aromatic carbocycles. The lowest BCUT2D eigenvalue weighted by atomic mass is 10.1. The van der Waals surface area contributed by atoms with E-state index in [1.54, 1.807) is 0 Å². The van der Waals surface area contributed by atoms with Crippen LogP contribution in [-0.2, 0) is 11.2 Å². The minimum absolute atomic E-state index is 0.115. The predicted octanol–water partition coefficient (Wildman–Crippen LogP) is 3.11. The summed E-state index contributed by atoms with van der Waals surface area (Å²) >= 11 is 6.56. The number of amides is 2. The summed E-state index contributed by atoms with van der Waals surface area (Å²) in [7, 11) is 0. The molecule has 0 fully saturated rings. The second-order valence-corrected chi connectivity index (χ2v) is 6.65. The van der Waals surface area contributed by atoms with Gasteiger partial charge in [-0.15, -0.1) is 11.3 Å². The fourth-order valence-electron chi connectivity index (χ4n) is 2.21. The van der Waals surface area contributed by atoms with E-state index in [9.17, 15) is 9.59 Å². The zero-order valence-corrected chi connectivity index (χ0v) is 14.9. The predicted molar refractivity (Wildman–Crippen MR) is 95.5 cm³/mol. The molecule has 1 heterocycles. The normalized spacial score (nSPS) is 10.3. The number of thiocarbonyl (C=S) groups is 1. The van der Waals surface area contributed by atoms with E-state index in [0.717, 1.165) is 36.1 Å². The first kappa shape index (κ1) is 18.6. The number of hydrogen-bond acceptors (Lipinski definition) is 4. The van der Waals surface area contributed by atoms with Gasteiger partial charge in [-0.1, -0.05) is 26.7 Å². The number of carbonyl (C=O) groups excluding carboxylic acids is 2. The lowest BCUT2D eigenvalue weighted by Gasteiger charge is -2.09. The van der Waals surface area contributed by atoms with Crippen molar-refractivity contribution >= 4 is 45.5 Å². The van der Waals surface area contributed by atoms with Crippen LogP contribution in [0.5, 0.6) is 0 Å². The van der Waals surface area contributed by atoms with Crippen LogP contribution in [0, 0.1) is 6.92 Å². The van der Waals surface area contributed by atoms with Crippen LogP contribution in [-0.4, -0.2) is 16.9 Å². The molecular formula is C15H23N3O2S2. The fourth-order valence-corrected chi connectivity index (χ4v) is 3.65. The highest BCUT2D eigenvalue weighted by molar-refractivity contribution is 7.80. The van der Waals surface area contributed by atoms with Crippen molar-refractivity contribution in [1.29, 1.82) is 0 Å². The molecule has 1 aromatic heterocycles. The topological polar surface area (TPSA) is 84.2 Å². The van der Waals surface area contributed by atoms with Gasteiger partial charge in [-0.3, -0.25) is 9.59 Å². The molecule has 5 nitrogen and oxygen atoms in total. The van der Waals surface area contributed by atoms with Crippen LogP contribution >= 0.6 is 23.6 Å². The quantitative estimate of drug-likeness (QED) is 0.525. The van der Waals surface area contributed by atoms with Gasteiger partial charge in [0.05, 0.1) is 5.56 Å². The first-order valence-corrected chi connectivity index (χ1v) is 8.66. The number of hydrogen-bond donors (Lipinski definition) is 3. The Morgan fingerprint density at radius 3 is 2.50 bits per heavy atom. The van der Waals surface area contributed by atoms with Gasteiger partial charge in [-0.2, -0.15) is 0 Å². The van der Waals surface area contributed by atoms with Crippen LogP contribution in [0.1, 0.15) is 60.3 Å². The maximum atomic E-state index is 11.7. The van der Waals surface area contributed by atoms with Crippen molar-refractivity contribution in [2.45, 2.75) is 52.9 Å². The molecular weight excluding hydrogens is 318 g/mol. The number of nitrogens with two attached hydrogens (primary N) is 1. The molecule has 1 rings (SSSR count). The Kier molecular flexibility index (Phi) is 7.47. The standard InChI is InChI=1S/C15H23N3O2S2/c1-4-6-7-8-11(19)17-15(21)18-14-12(13(16)20)10(5-2)9(3)22-14/h4-8H2,1-3H3,(H2,16,20)(H2,17,18,19,21). The van der Waals surface area contributed by atoms with Gasteiger partial charge in [-0.05, 0) is 37.5 Å². The van der Waals surface area contributed by atoms with Crippen LogP contribution in [0.4, 0.5) is 5.00 Å². The Hall–Kier alpha value is -1.47. The lowest BCUT2D eigenvalue weighted by Crippen LogP contribution is -2.34. The molecule has 0 radical (unpaired) electrons. The van der Waals surface area contributed by atoms with Crippen molar-refractivity contribution in [1.82, 2.24) is 5.32 Å². The molecule has 1 aromatic rings. The lowest BCUT2D eigenvalue weighted by molar-refractivity contribution is -0.119. The number of thiophene rings is 1. The van der Waals surface area contributed by atoms with E-state index >= 15 is 0 Å². The minimum atomic E-state index is -0.485. The molecule has 0 aliphatic carbocycles. The van der Waals surface area contributed by atoms with Crippen LogP contribution in [0.15, 0.2) is 0 Å². The zero-order chi connectivity index (χ0) is 16.7. The molecule has 4 N–H and O–H groups in total. The van der Waals surface area contributed by atoms with Gasteiger partial charge in [0.15, 0.2) is 5.11 Å². The summed E-state index contributed by atoms with van der Waals surface area (Å²) in [5.74, 6) is -0.601. The molecule has 122 valence electrons. The Labute approximate surface area is 140 Å². The average molecular weight is 342 g/mol. The number of carbonyl (C=O) groups is 2. The molecule has 22 heavy (non-hydrogen) atoms.